The number of carbonyl (C=O) groups excluding carboxylic acids is 2. The summed E-state index contributed by atoms with van der Waals surface area (Å²) in [6.45, 7) is 2.93. The van der Waals surface area contributed by atoms with Crippen LogP contribution in [0.15, 0.2) is 0 Å². The molecular weight excluding hydrogens is 148 g/mol. The summed E-state index contributed by atoms with van der Waals surface area (Å²) >= 11 is 0. The maximum Gasteiger partial charge on any atom is 0.324 e. The van der Waals surface area contributed by atoms with E-state index < -0.39 is 12.0 Å². The van der Waals surface area contributed by atoms with Crippen molar-refractivity contribution in [1.82, 2.24) is 10.9 Å². The summed E-state index contributed by atoms with van der Waals surface area (Å²) in [5.74, 6) is -0.667. The Kier molecular flexibility index (Phi) is 4.21. The molecule has 0 saturated heterocycles. The normalized spacial score (nSPS) is 11.9. The summed E-state index contributed by atoms with van der Waals surface area (Å²) < 4.78 is 4.39. The van der Waals surface area contributed by atoms with E-state index in [0.717, 1.165) is 0 Å². The lowest BCUT2D eigenvalue weighted by molar-refractivity contribution is -0.143. The maximum absolute atomic E-state index is 10.7. The second-order valence-electron chi connectivity index (χ2n) is 2.07. The van der Waals surface area contributed by atoms with Crippen LogP contribution in [0.4, 0.5) is 0 Å². The van der Waals surface area contributed by atoms with Gasteiger partial charge in [0.05, 0.1) is 7.11 Å². The molecule has 0 saturated carbocycles. The Morgan fingerprint density at radius 3 is 2.36 bits per heavy atom. The molecule has 0 fully saturated rings. The molecule has 0 radical (unpaired) electrons. The van der Waals surface area contributed by atoms with E-state index in [1.54, 1.807) is 6.92 Å². The Morgan fingerprint density at radius 1 is 1.45 bits per heavy atom. The zero-order valence-corrected chi connectivity index (χ0v) is 6.80. The van der Waals surface area contributed by atoms with Crippen LogP contribution in [0.5, 0.6) is 0 Å². The first kappa shape index (κ1) is 9.90. The molecule has 0 rings (SSSR count). The highest BCUT2D eigenvalue weighted by molar-refractivity contribution is 5.76. The molecule has 1 amide bonds. The first-order valence-electron chi connectivity index (χ1n) is 3.18. The van der Waals surface area contributed by atoms with Crippen LogP contribution in [0.1, 0.15) is 13.8 Å². The lowest BCUT2D eigenvalue weighted by Crippen LogP contribution is -2.46. The quantitative estimate of drug-likeness (QED) is 0.418. The highest BCUT2D eigenvalue weighted by atomic mass is 16.5. The van der Waals surface area contributed by atoms with Gasteiger partial charge in [-0.3, -0.25) is 15.0 Å². The number of hydrogen-bond donors (Lipinski definition) is 2. The Balaban J connectivity index is 3.60. The number of amides is 1. The highest BCUT2D eigenvalue weighted by Crippen LogP contribution is 1.82. The zero-order chi connectivity index (χ0) is 8.85. The monoisotopic (exact) mass is 160 g/mol. The van der Waals surface area contributed by atoms with Crippen molar-refractivity contribution in [3.05, 3.63) is 0 Å². The summed E-state index contributed by atoms with van der Waals surface area (Å²) in [7, 11) is 1.29. The lowest BCUT2D eigenvalue weighted by atomic mass is 10.4. The fourth-order valence-electron chi connectivity index (χ4n) is 0.446. The van der Waals surface area contributed by atoms with E-state index in [2.05, 4.69) is 15.6 Å². The van der Waals surface area contributed by atoms with Crippen LogP contribution in [0, 0.1) is 0 Å². The SMILES string of the molecule is COC(=O)[C@H](C)NNC(C)=O. The molecule has 11 heavy (non-hydrogen) atoms. The molecule has 0 aromatic heterocycles. The number of methoxy groups -OCH3 is 1. The van der Waals surface area contributed by atoms with Crippen LogP contribution in [-0.2, 0) is 14.3 Å². The van der Waals surface area contributed by atoms with Gasteiger partial charge in [-0.1, -0.05) is 0 Å². The van der Waals surface area contributed by atoms with Crippen molar-refractivity contribution in [3.63, 3.8) is 0 Å². The molecule has 5 nitrogen and oxygen atoms in total. The number of hydrazine groups is 1. The number of carbonyl (C=O) groups is 2. The minimum Gasteiger partial charge on any atom is -0.468 e. The minimum atomic E-state index is -0.524. The summed E-state index contributed by atoms with van der Waals surface area (Å²) in [5, 5.41) is 0. The second-order valence-corrected chi connectivity index (χ2v) is 2.07. The van der Waals surface area contributed by atoms with E-state index in [-0.39, 0.29) is 5.91 Å². The summed E-state index contributed by atoms with van der Waals surface area (Å²) in [6.07, 6.45) is 0. The van der Waals surface area contributed by atoms with Gasteiger partial charge in [-0.05, 0) is 6.92 Å². The van der Waals surface area contributed by atoms with Crippen molar-refractivity contribution < 1.29 is 14.3 Å². The van der Waals surface area contributed by atoms with Crippen LogP contribution in [0.2, 0.25) is 0 Å². The molecule has 0 bridgehead atoms. The molecule has 0 heterocycles. The molecule has 0 unspecified atom stereocenters. The Morgan fingerprint density at radius 2 is 2.00 bits per heavy atom. The van der Waals surface area contributed by atoms with E-state index in [1.165, 1.54) is 14.0 Å². The van der Waals surface area contributed by atoms with Crippen LogP contribution in [0.3, 0.4) is 0 Å². The van der Waals surface area contributed by atoms with Crippen molar-refractivity contribution in [3.8, 4) is 0 Å². The summed E-state index contributed by atoms with van der Waals surface area (Å²) in [4.78, 5) is 21.0. The van der Waals surface area contributed by atoms with Gasteiger partial charge in [-0.15, -0.1) is 0 Å². The van der Waals surface area contributed by atoms with E-state index in [9.17, 15) is 9.59 Å². The Labute approximate surface area is 65.1 Å². The first-order chi connectivity index (χ1) is 5.07. The predicted octanol–water partition coefficient (Wildman–Crippen LogP) is -0.811. The van der Waals surface area contributed by atoms with Crippen LogP contribution >= 0.6 is 0 Å². The van der Waals surface area contributed by atoms with Crippen molar-refractivity contribution in [1.29, 1.82) is 0 Å². The van der Waals surface area contributed by atoms with Gasteiger partial charge in [0.25, 0.3) is 0 Å². The summed E-state index contributed by atoms with van der Waals surface area (Å²) in [6, 6.07) is -0.524. The van der Waals surface area contributed by atoms with Gasteiger partial charge in [0.15, 0.2) is 0 Å². The van der Waals surface area contributed by atoms with Crippen molar-refractivity contribution in [2.45, 2.75) is 19.9 Å². The Bertz CT molecular complexity index is 158. The standard InChI is InChI=1S/C6H12N2O3/c1-4(6(10)11-3)7-8-5(2)9/h4,7H,1-3H3,(H,8,9)/t4-/m0/s1. The van der Waals surface area contributed by atoms with Gasteiger partial charge >= 0.3 is 5.97 Å². The Hall–Kier alpha value is -1.10. The van der Waals surface area contributed by atoms with E-state index in [4.69, 9.17) is 0 Å². The molecule has 0 spiro atoms. The van der Waals surface area contributed by atoms with Gasteiger partial charge in [-0.2, -0.15) is 0 Å². The molecule has 0 aliphatic carbocycles. The fraction of sp³-hybridized carbons (Fsp3) is 0.667. The third kappa shape index (κ3) is 4.32. The van der Waals surface area contributed by atoms with Crippen molar-refractivity contribution >= 4 is 11.9 Å². The average Bonchev–Trinajstić information content (AvgIpc) is 1.98. The molecule has 64 valence electrons. The third-order valence-corrected chi connectivity index (χ3v) is 1.02. The van der Waals surface area contributed by atoms with Gasteiger partial charge < -0.3 is 4.74 Å². The van der Waals surface area contributed by atoms with E-state index in [1.807, 2.05) is 0 Å². The van der Waals surface area contributed by atoms with Crippen molar-refractivity contribution in [2.24, 2.45) is 0 Å². The first-order valence-corrected chi connectivity index (χ1v) is 3.18. The topological polar surface area (TPSA) is 67.4 Å². The van der Waals surface area contributed by atoms with Gasteiger partial charge in [-0.25, -0.2) is 5.43 Å². The van der Waals surface area contributed by atoms with Gasteiger partial charge in [0.1, 0.15) is 6.04 Å². The smallest absolute Gasteiger partial charge is 0.324 e. The van der Waals surface area contributed by atoms with Crippen LogP contribution < -0.4 is 10.9 Å². The zero-order valence-electron chi connectivity index (χ0n) is 6.80. The van der Waals surface area contributed by atoms with Crippen molar-refractivity contribution in [2.75, 3.05) is 7.11 Å². The largest absolute Gasteiger partial charge is 0.468 e. The molecule has 0 aromatic carbocycles. The molecule has 1 atom stereocenters. The highest BCUT2D eigenvalue weighted by Gasteiger charge is 2.11. The van der Waals surface area contributed by atoms with Gasteiger partial charge in [0, 0.05) is 6.92 Å². The lowest BCUT2D eigenvalue weighted by Gasteiger charge is -2.10. The molecule has 2 N–H and O–H groups in total. The number of nitrogens with one attached hydrogen (secondary N) is 2. The average molecular weight is 160 g/mol. The van der Waals surface area contributed by atoms with Crippen LogP contribution in [0.25, 0.3) is 0 Å². The minimum absolute atomic E-state index is 0.249. The molecule has 0 aliphatic rings. The molecular formula is C6H12N2O3. The van der Waals surface area contributed by atoms with Crippen LogP contribution in [-0.4, -0.2) is 25.0 Å². The molecule has 0 aliphatic heterocycles. The number of esters is 1. The fourth-order valence-corrected chi connectivity index (χ4v) is 0.446. The second kappa shape index (κ2) is 4.68. The molecule has 0 aromatic rings. The number of ether oxygens (including phenoxy) is 1. The van der Waals surface area contributed by atoms with Gasteiger partial charge in [0.2, 0.25) is 5.91 Å². The summed E-state index contributed by atoms with van der Waals surface area (Å²) in [5.41, 5.74) is 4.73. The van der Waals surface area contributed by atoms with E-state index in [0.29, 0.717) is 0 Å². The number of hydrogen-bond acceptors (Lipinski definition) is 4. The maximum atomic E-state index is 10.7. The number of rotatable bonds is 3. The van der Waals surface area contributed by atoms with E-state index >= 15 is 0 Å². The third-order valence-electron chi connectivity index (χ3n) is 1.02. The predicted molar refractivity (Wildman–Crippen MR) is 38.4 cm³/mol. The molecule has 5 heteroatoms.